The molecule has 143 valence electrons. The van der Waals surface area contributed by atoms with Gasteiger partial charge < -0.3 is 11.1 Å². The molecule has 1 radical (unpaired) electrons. The largest absolute Gasteiger partial charge is 0.399 e. The van der Waals surface area contributed by atoms with E-state index in [1.54, 1.807) is 39.8 Å². The second kappa shape index (κ2) is 6.17. The number of carbonyl (C=O) groups excluding carboxylic acids is 3. The van der Waals surface area contributed by atoms with Crippen LogP contribution in [0, 0.1) is 0 Å². The molecule has 2 aliphatic rings. The lowest BCUT2D eigenvalue weighted by Gasteiger charge is -2.33. The maximum atomic E-state index is 12.5. The number of amides is 3. The van der Waals surface area contributed by atoms with Gasteiger partial charge in [-0.25, -0.2) is 0 Å². The Kier molecular flexibility index (Phi) is 4.36. The quantitative estimate of drug-likeness (QED) is 0.608. The van der Waals surface area contributed by atoms with Crippen molar-refractivity contribution in [2.45, 2.75) is 38.8 Å². The van der Waals surface area contributed by atoms with Crippen LogP contribution in [0.2, 0.25) is 0 Å². The molecule has 0 unspecified atom stereocenters. The van der Waals surface area contributed by atoms with Gasteiger partial charge in [0.05, 0.1) is 22.2 Å². The Hall–Kier alpha value is -2.71. The zero-order valence-electron chi connectivity index (χ0n) is 15.8. The van der Waals surface area contributed by atoms with Gasteiger partial charge in [-0.1, -0.05) is 6.08 Å². The first-order valence-corrected chi connectivity index (χ1v) is 8.71. The smallest absolute Gasteiger partial charge is 0.261 e. The summed E-state index contributed by atoms with van der Waals surface area (Å²) in [4.78, 5) is 38.4. The number of hydroxylamine groups is 2. The minimum atomic E-state index is -0.958. The first-order valence-electron chi connectivity index (χ1n) is 8.71. The monoisotopic (exact) mass is 371 g/mol. The van der Waals surface area contributed by atoms with Crippen LogP contribution in [-0.4, -0.2) is 51.9 Å². The molecule has 1 aromatic rings. The first kappa shape index (κ1) is 19.1. The summed E-state index contributed by atoms with van der Waals surface area (Å²) in [5.74, 6) is -1.22. The zero-order valence-corrected chi connectivity index (χ0v) is 15.8. The molecular formula is C19H23N4O4. The van der Waals surface area contributed by atoms with Crippen molar-refractivity contribution in [1.29, 1.82) is 0 Å². The number of imide groups is 1. The highest BCUT2D eigenvalue weighted by molar-refractivity contribution is 6.21. The minimum Gasteiger partial charge on any atom is -0.399 e. The predicted octanol–water partition coefficient (Wildman–Crippen LogP) is 1.13. The van der Waals surface area contributed by atoms with Crippen molar-refractivity contribution in [2.24, 2.45) is 0 Å². The Morgan fingerprint density at radius 1 is 1.11 bits per heavy atom. The van der Waals surface area contributed by atoms with Crippen LogP contribution in [-0.2, 0) is 10.0 Å². The van der Waals surface area contributed by atoms with Crippen LogP contribution >= 0.6 is 0 Å². The molecule has 8 heteroatoms. The first-order chi connectivity index (χ1) is 12.5. The van der Waals surface area contributed by atoms with Gasteiger partial charge in [-0.15, -0.1) is 10.3 Å². The van der Waals surface area contributed by atoms with E-state index in [0.717, 1.165) is 9.96 Å². The third-order valence-corrected chi connectivity index (χ3v) is 5.05. The Morgan fingerprint density at radius 2 is 1.74 bits per heavy atom. The van der Waals surface area contributed by atoms with Crippen molar-refractivity contribution in [3.63, 3.8) is 0 Å². The molecule has 0 saturated heterocycles. The molecule has 0 atom stereocenters. The molecule has 3 N–H and O–H groups in total. The number of rotatable bonds is 4. The Labute approximate surface area is 157 Å². The predicted molar refractivity (Wildman–Crippen MR) is 98.0 cm³/mol. The number of fused-ring (bicyclic) bond motifs is 1. The normalized spacial score (nSPS) is 20.6. The summed E-state index contributed by atoms with van der Waals surface area (Å²) in [5, 5.41) is 16.0. The van der Waals surface area contributed by atoms with Crippen LogP contribution in [0.25, 0.3) is 0 Å². The lowest BCUT2D eigenvalue weighted by atomic mass is 9.96. The van der Waals surface area contributed by atoms with Crippen molar-refractivity contribution in [3.8, 4) is 0 Å². The zero-order chi connectivity index (χ0) is 20.1. The fraction of sp³-hybridized carbons (Fsp3) is 0.421. The molecule has 0 aliphatic carbocycles. The molecule has 3 amide bonds. The van der Waals surface area contributed by atoms with Gasteiger partial charge in [-0.05, 0) is 45.9 Å². The van der Waals surface area contributed by atoms with Gasteiger partial charge >= 0.3 is 0 Å². The summed E-state index contributed by atoms with van der Waals surface area (Å²) in [7, 11) is 0. The van der Waals surface area contributed by atoms with Gasteiger partial charge in [-0.3, -0.25) is 19.3 Å². The number of anilines is 1. The minimum absolute atomic E-state index is 0.0379. The molecule has 27 heavy (non-hydrogen) atoms. The van der Waals surface area contributed by atoms with Crippen molar-refractivity contribution >= 4 is 23.4 Å². The number of carbonyl (C=O) groups is 3. The van der Waals surface area contributed by atoms with Crippen molar-refractivity contribution in [2.75, 3.05) is 18.8 Å². The van der Waals surface area contributed by atoms with Crippen LogP contribution < -0.4 is 11.1 Å². The van der Waals surface area contributed by atoms with E-state index in [0.29, 0.717) is 16.8 Å². The van der Waals surface area contributed by atoms with Crippen LogP contribution in [0.3, 0.4) is 0 Å². The standard InChI is InChI=1S/C19H23N4O4/c1-18(2)10-14(19(3,4)23(18)27)15(24)21-7-8-22-16(25)12-6-5-11(20)9-13(12)17(22)26/h5-6,9-10H,7-8,20H2,1-4H3,(H,21,24). The van der Waals surface area contributed by atoms with Gasteiger partial charge in [-0.2, -0.15) is 0 Å². The summed E-state index contributed by atoms with van der Waals surface area (Å²) in [6, 6.07) is 4.57. The molecule has 2 heterocycles. The van der Waals surface area contributed by atoms with E-state index in [1.165, 1.54) is 12.1 Å². The number of nitrogen functional groups attached to an aromatic ring is 1. The maximum Gasteiger partial charge on any atom is 0.261 e. The third kappa shape index (κ3) is 3.00. The van der Waals surface area contributed by atoms with E-state index in [4.69, 9.17) is 5.73 Å². The number of benzene rings is 1. The molecule has 0 bridgehead atoms. The highest BCUT2D eigenvalue weighted by atomic mass is 16.5. The number of hydrogen-bond donors (Lipinski definition) is 2. The number of hydrogen-bond acceptors (Lipinski definition) is 5. The number of nitrogens with two attached hydrogens (primary N) is 1. The molecule has 8 nitrogen and oxygen atoms in total. The van der Waals surface area contributed by atoms with Gasteiger partial charge in [0.25, 0.3) is 11.8 Å². The fourth-order valence-electron chi connectivity index (χ4n) is 3.65. The van der Waals surface area contributed by atoms with E-state index < -0.39 is 22.9 Å². The van der Waals surface area contributed by atoms with E-state index in [1.807, 2.05) is 0 Å². The Balaban J connectivity index is 1.65. The molecule has 1 aromatic carbocycles. The maximum absolute atomic E-state index is 12.5. The summed E-state index contributed by atoms with van der Waals surface area (Å²) < 4.78 is 0. The van der Waals surface area contributed by atoms with Crippen LogP contribution in [0.5, 0.6) is 0 Å². The van der Waals surface area contributed by atoms with E-state index in [9.17, 15) is 19.6 Å². The molecule has 0 saturated carbocycles. The Morgan fingerprint density at radius 3 is 2.33 bits per heavy atom. The summed E-state index contributed by atoms with van der Waals surface area (Å²) in [6.45, 7) is 6.99. The molecule has 2 aliphatic heterocycles. The highest BCUT2D eigenvalue weighted by Gasteiger charge is 2.48. The fourth-order valence-corrected chi connectivity index (χ4v) is 3.65. The van der Waals surface area contributed by atoms with E-state index in [-0.39, 0.29) is 24.6 Å². The van der Waals surface area contributed by atoms with Crippen LogP contribution in [0.15, 0.2) is 29.8 Å². The van der Waals surface area contributed by atoms with Gasteiger partial charge in [0.15, 0.2) is 0 Å². The second-order valence-electron chi connectivity index (χ2n) is 7.89. The SMILES string of the molecule is CC1(C)C=C(C(=O)NCCN2C(=O)c3ccc(N)cc3C2=O)C(C)(C)N1[O]. The summed E-state index contributed by atoms with van der Waals surface area (Å²) >= 11 is 0. The molecule has 3 rings (SSSR count). The van der Waals surface area contributed by atoms with Crippen LogP contribution in [0.1, 0.15) is 48.4 Å². The van der Waals surface area contributed by atoms with Gasteiger partial charge in [0, 0.05) is 24.4 Å². The number of nitrogens with one attached hydrogen (secondary N) is 1. The molecule has 0 aromatic heterocycles. The lowest BCUT2D eigenvalue weighted by Crippen LogP contribution is -2.49. The summed E-state index contributed by atoms with van der Waals surface area (Å²) in [5.41, 5.74) is 5.30. The lowest BCUT2D eigenvalue weighted by molar-refractivity contribution is -0.238. The average molecular weight is 371 g/mol. The molecular weight excluding hydrogens is 348 g/mol. The van der Waals surface area contributed by atoms with E-state index >= 15 is 0 Å². The Bertz CT molecular complexity index is 872. The number of nitrogens with zero attached hydrogens (tertiary/aromatic N) is 2. The average Bonchev–Trinajstić information content (AvgIpc) is 2.92. The summed E-state index contributed by atoms with van der Waals surface area (Å²) in [6.07, 6.45) is 1.65. The van der Waals surface area contributed by atoms with Crippen molar-refractivity contribution < 1.29 is 19.6 Å². The second-order valence-corrected chi connectivity index (χ2v) is 7.89. The highest BCUT2D eigenvalue weighted by Crippen LogP contribution is 2.38. The van der Waals surface area contributed by atoms with Gasteiger partial charge in [0.2, 0.25) is 5.91 Å². The molecule has 0 spiro atoms. The molecule has 0 fully saturated rings. The van der Waals surface area contributed by atoms with Gasteiger partial charge in [0.1, 0.15) is 0 Å². The third-order valence-electron chi connectivity index (χ3n) is 5.05. The van der Waals surface area contributed by atoms with Crippen molar-refractivity contribution in [1.82, 2.24) is 15.3 Å². The van der Waals surface area contributed by atoms with Crippen molar-refractivity contribution in [3.05, 3.63) is 41.0 Å². The van der Waals surface area contributed by atoms with Crippen LogP contribution in [0.4, 0.5) is 5.69 Å². The topological polar surface area (TPSA) is 116 Å². The van der Waals surface area contributed by atoms with E-state index in [2.05, 4.69) is 5.32 Å².